The van der Waals surface area contributed by atoms with Gasteiger partial charge in [0, 0.05) is 6.04 Å². The number of terminal acetylenes is 1. The molecule has 90 valence electrons. The number of carboxylic acids is 1. The predicted octanol–water partition coefficient (Wildman–Crippen LogP) is -0.175. The van der Waals surface area contributed by atoms with Crippen LogP contribution < -0.4 is 10.6 Å². The summed E-state index contributed by atoms with van der Waals surface area (Å²) in [4.78, 5) is 21.9. The lowest BCUT2D eigenvalue weighted by Crippen LogP contribution is -2.44. The minimum Gasteiger partial charge on any atom is -0.481 e. The Labute approximate surface area is 95.6 Å². The quantitative estimate of drug-likeness (QED) is 0.416. The number of hydrogen-bond acceptors (Lipinski definition) is 3. The largest absolute Gasteiger partial charge is 0.481 e. The highest BCUT2D eigenvalue weighted by atomic mass is 16.4. The number of aliphatic carboxylic acids is 1. The standard InChI is InChI=1S/C11H18N2O3/c1-4-5-12-7-10(14)13-9(8(2)3)6-11(15)16/h1,8-9,12H,5-7H2,2-3H3,(H,13,14)(H,15,16). The van der Waals surface area contributed by atoms with Gasteiger partial charge < -0.3 is 10.4 Å². The van der Waals surface area contributed by atoms with Gasteiger partial charge in [0.25, 0.3) is 0 Å². The monoisotopic (exact) mass is 226 g/mol. The van der Waals surface area contributed by atoms with E-state index in [-0.39, 0.29) is 30.8 Å². The van der Waals surface area contributed by atoms with E-state index in [1.54, 1.807) is 0 Å². The van der Waals surface area contributed by atoms with Crippen molar-refractivity contribution in [2.75, 3.05) is 13.1 Å². The topological polar surface area (TPSA) is 78.4 Å². The number of carbonyl (C=O) groups excluding carboxylic acids is 1. The molecule has 0 aromatic rings. The SMILES string of the molecule is C#CCNCC(=O)NC(CC(=O)O)C(C)C. The fraction of sp³-hybridized carbons (Fsp3) is 0.636. The minimum atomic E-state index is -0.921. The van der Waals surface area contributed by atoms with Crippen molar-refractivity contribution in [3.05, 3.63) is 0 Å². The van der Waals surface area contributed by atoms with Gasteiger partial charge in [-0.3, -0.25) is 14.9 Å². The molecule has 0 aliphatic rings. The lowest BCUT2D eigenvalue weighted by Gasteiger charge is -2.20. The summed E-state index contributed by atoms with van der Waals surface area (Å²) in [5.74, 6) is 1.26. The first-order chi connectivity index (χ1) is 7.47. The molecule has 1 unspecified atom stereocenters. The molecule has 1 atom stereocenters. The number of carbonyl (C=O) groups is 2. The molecule has 0 aliphatic carbocycles. The first-order valence-electron chi connectivity index (χ1n) is 5.12. The lowest BCUT2D eigenvalue weighted by molar-refractivity contribution is -0.138. The molecule has 1 amide bonds. The predicted molar refractivity (Wildman–Crippen MR) is 60.7 cm³/mol. The van der Waals surface area contributed by atoms with Gasteiger partial charge in [-0.1, -0.05) is 19.8 Å². The molecular formula is C11H18N2O3. The van der Waals surface area contributed by atoms with Crippen molar-refractivity contribution in [1.29, 1.82) is 0 Å². The first-order valence-corrected chi connectivity index (χ1v) is 5.12. The Balaban J connectivity index is 4.04. The van der Waals surface area contributed by atoms with Crippen molar-refractivity contribution >= 4 is 11.9 Å². The zero-order valence-corrected chi connectivity index (χ0v) is 9.62. The number of rotatable bonds is 7. The van der Waals surface area contributed by atoms with Crippen LogP contribution in [0, 0.1) is 18.3 Å². The normalized spacial score (nSPS) is 11.9. The molecule has 5 nitrogen and oxygen atoms in total. The van der Waals surface area contributed by atoms with Crippen LogP contribution in [0.25, 0.3) is 0 Å². The number of hydrogen-bond donors (Lipinski definition) is 3. The van der Waals surface area contributed by atoms with E-state index in [9.17, 15) is 9.59 Å². The van der Waals surface area contributed by atoms with Crippen LogP contribution in [0.1, 0.15) is 20.3 Å². The van der Waals surface area contributed by atoms with E-state index >= 15 is 0 Å². The van der Waals surface area contributed by atoms with Crippen molar-refractivity contribution in [2.24, 2.45) is 5.92 Å². The molecule has 16 heavy (non-hydrogen) atoms. The van der Waals surface area contributed by atoms with Crippen molar-refractivity contribution in [2.45, 2.75) is 26.3 Å². The van der Waals surface area contributed by atoms with Gasteiger partial charge in [0.2, 0.25) is 5.91 Å². The van der Waals surface area contributed by atoms with Crippen LogP contribution in [-0.4, -0.2) is 36.1 Å². The van der Waals surface area contributed by atoms with E-state index < -0.39 is 5.97 Å². The highest BCUT2D eigenvalue weighted by molar-refractivity contribution is 5.79. The number of amides is 1. The van der Waals surface area contributed by atoms with Crippen LogP contribution in [0.3, 0.4) is 0 Å². The van der Waals surface area contributed by atoms with E-state index in [0.717, 1.165) is 0 Å². The molecule has 0 bridgehead atoms. The van der Waals surface area contributed by atoms with Crippen LogP contribution in [0.15, 0.2) is 0 Å². The van der Waals surface area contributed by atoms with Gasteiger partial charge in [0.05, 0.1) is 19.5 Å². The molecule has 3 N–H and O–H groups in total. The van der Waals surface area contributed by atoms with Crippen LogP contribution in [0.5, 0.6) is 0 Å². The highest BCUT2D eigenvalue weighted by Crippen LogP contribution is 2.05. The maximum absolute atomic E-state index is 11.4. The third kappa shape index (κ3) is 6.85. The molecule has 0 saturated heterocycles. The molecule has 0 aromatic heterocycles. The van der Waals surface area contributed by atoms with E-state index in [0.29, 0.717) is 6.54 Å². The highest BCUT2D eigenvalue weighted by Gasteiger charge is 2.18. The minimum absolute atomic E-state index is 0.0709. The van der Waals surface area contributed by atoms with Gasteiger partial charge in [0.1, 0.15) is 0 Å². The summed E-state index contributed by atoms with van der Waals surface area (Å²) in [5.41, 5.74) is 0. The molecule has 0 fully saturated rings. The molecule has 0 rings (SSSR count). The average molecular weight is 226 g/mol. The van der Waals surface area contributed by atoms with Crippen LogP contribution in [-0.2, 0) is 9.59 Å². The van der Waals surface area contributed by atoms with Gasteiger partial charge >= 0.3 is 5.97 Å². The van der Waals surface area contributed by atoms with Crippen molar-refractivity contribution in [3.8, 4) is 12.3 Å². The van der Waals surface area contributed by atoms with Crippen LogP contribution in [0.4, 0.5) is 0 Å². The van der Waals surface area contributed by atoms with Gasteiger partial charge in [-0.15, -0.1) is 6.42 Å². The molecule has 0 heterocycles. The summed E-state index contributed by atoms with van der Waals surface area (Å²) >= 11 is 0. The molecule has 0 aliphatic heterocycles. The summed E-state index contributed by atoms with van der Waals surface area (Å²) in [6.07, 6.45) is 4.94. The maximum atomic E-state index is 11.4. The van der Waals surface area contributed by atoms with Crippen LogP contribution in [0.2, 0.25) is 0 Å². The summed E-state index contributed by atoms with van der Waals surface area (Å²) in [7, 11) is 0. The van der Waals surface area contributed by atoms with Gasteiger partial charge in [-0.2, -0.15) is 0 Å². The third-order valence-electron chi connectivity index (χ3n) is 2.06. The maximum Gasteiger partial charge on any atom is 0.305 e. The fourth-order valence-electron chi connectivity index (χ4n) is 1.15. The van der Waals surface area contributed by atoms with Crippen molar-refractivity contribution < 1.29 is 14.7 Å². The second kappa shape index (κ2) is 7.71. The van der Waals surface area contributed by atoms with E-state index in [1.165, 1.54) is 0 Å². The average Bonchev–Trinajstić information content (AvgIpc) is 2.16. The van der Waals surface area contributed by atoms with Crippen LogP contribution >= 0.6 is 0 Å². The third-order valence-corrected chi connectivity index (χ3v) is 2.06. The summed E-state index contributed by atoms with van der Waals surface area (Å²) in [6.45, 7) is 4.15. The van der Waals surface area contributed by atoms with Crippen molar-refractivity contribution in [3.63, 3.8) is 0 Å². The second-order valence-corrected chi connectivity index (χ2v) is 3.82. The fourth-order valence-corrected chi connectivity index (χ4v) is 1.15. The van der Waals surface area contributed by atoms with E-state index in [4.69, 9.17) is 11.5 Å². The zero-order valence-electron chi connectivity index (χ0n) is 9.62. The number of carboxylic acid groups (broad SMARTS) is 1. The Bertz CT molecular complexity index is 281. The Hall–Kier alpha value is -1.54. The van der Waals surface area contributed by atoms with E-state index in [2.05, 4.69) is 16.6 Å². The molecule has 0 radical (unpaired) electrons. The molecule has 0 saturated carbocycles. The van der Waals surface area contributed by atoms with Gasteiger partial charge in [-0.25, -0.2) is 0 Å². The molecule has 5 heteroatoms. The molecule has 0 aromatic carbocycles. The Morgan fingerprint density at radius 3 is 2.50 bits per heavy atom. The summed E-state index contributed by atoms with van der Waals surface area (Å²) in [5, 5.41) is 14.1. The number of nitrogens with one attached hydrogen (secondary N) is 2. The second-order valence-electron chi connectivity index (χ2n) is 3.82. The molecular weight excluding hydrogens is 208 g/mol. The smallest absolute Gasteiger partial charge is 0.305 e. The van der Waals surface area contributed by atoms with Gasteiger partial charge in [-0.05, 0) is 5.92 Å². The first kappa shape index (κ1) is 14.5. The van der Waals surface area contributed by atoms with Crippen molar-refractivity contribution in [1.82, 2.24) is 10.6 Å². The zero-order chi connectivity index (χ0) is 12.6. The summed E-state index contributed by atoms with van der Waals surface area (Å²) in [6, 6.07) is -0.349. The Kier molecular flexibility index (Phi) is 6.97. The summed E-state index contributed by atoms with van der Waals surface area (Å²) < 4.78 is 0. The van der Waals surface area contributed by atoms with E-state index in [1.807, 2.05) is 13.8 Å². The molecule has 0 spiro atoms. The lowest BCUT2D eigenvalue weighted by atomic mass is 10.0. The Morgan fingerprint density at radius 1 is 1.44 bits per heavy atom. The Morgan fingerprint density at radius 2 is 2.06 bits per heavy atom. The van der Waals surface area contributed by atoms with Gasteiger partial charge in [0.15, 0.2) is 0 Å².